The van der Waals surface area contributed by atoms with Gasteiger partial charge >= 0.3 is 0 Å². The van der Waals surface area contributed by atoms with E-state index in [2.05, 4.69) is 9.97 Å². The van der Waals surface area contributed by atoms with E-state index >= 15 is 0 Å². The fourth-order valence-corrected chi connectivity index (χ4v) is 1.52. The minimum Gasteiger partial charge on any atom is -0.481 e. The van der Waals surface area contributed by atoms with Crippen LogP contribution in [0.3, 0.4) is 0 Å². The van der Waals surface area contributed by atoms with Crippen molar-refractivity contribution in [1.82, 2.24) is 9.97 Å². The molecule has 0 bridgehead atoms. The topological polar surface area (TPSA) is 72.4 Å². The van der Waals surface area contributed by atoms with Gasteiger partial charge < -0.3 is 4.74 Å². The number of methoxy groups -OCH3 is 1. The molecule has 16 heavy (non-hydrogen) atoms. The van der Waals surface area contributed by atoms with Crippen LogP contribution in [-0.2, 0) is 9.59 Å². The van der Waals surface area contributed by atoms with Crippen molar-refractivity contribution in [3.05, 3.63) is 11.8 Å². The molecule has 84 valence electrons. The van der Waals surface area contributed by atoms with E-state index in [1.54, 1.807) is 13.0 Å². The highest BCUT2D eigenvalue weighted by molar-refractivity contribution is 6.14. The molecular weight excluding hydrogens is 210 g/mol. The second-order valence-electron chi connectivity index (χ2n) is 3.55. The van der Waals surface area contributed by atoms with Crippen molar-refractivity contribution in [1.29, 1.82) is 0 Å². The van der Waals surface area contributed by atoms with Gasteiger partial charge in [-0.2, -0.15) is 4.98 Å². The largest absolute Gasteiger partial charge is 0.481 e. The van der Waals surface area contributed by atoms with Crippen molar-refractivity contribution in [3.8, 4) is 5.88 Å². The highest BCUT2D eigenvalue weighted by Gasteiger charge is 2.30. The summed E-state index contributed by atoms with van der Waals surface area (Å²) in [5, 5.41) is 0. The first kappa shape index (κ1) is 10.5. The molecule has 0 radical (unpaired) electrons. The van der Waals surface area contributed by atoms with Gasteiger partial charge in [0.2, 0.25) is 17.7 Å². The standard InChI is InChI=1S/C10H11N3O3/c1-6-3-8(16-2)12-10(11-6)13-5-7(14)4-9(13)15/h3H,4-5H2,1-2H3. The van der Waals surface area contributed by atoms with Crippen molar-refractivity contribution >= 4 is 17.6 Å². The lowest BCUT2D eigenvalue weighted by Gasteiger charge is -2.13. The zero-order chi connectivity index (χ0) is 11.7. The predicted octanol–water partition coefficient (Wildman–Crippen LogP) is 0.0994. The number of ether oxygens (including phenoxy) is 1. The zero-order valence-corrected chi connectivity index (χ0v) is 9.06. The average Bonchev–Trinajstić information content (AvgIpc) is 2.57. The second kappa shape index (κ2) is 3.88. The third-order valence-corrected chi connectivity index (χ3v) is 2.25. The van der Waals surface area contributed by atoms with Crippen LogP contribution in [0.4, 0.5) is 5.95 Å². The molecular formula is C10H11N3O3. The molecule has 0 spiro atoms. The molecule has 0 N–H and O–H groups in total. The summed E-state index contributed by atoms with van der Waals surface area (Å²) in [5.41, 5.74) is 0.689. The Bertz CT molecular complexity index is 459. The third-order valence-electron chi connectivity index (χ3n) is 2.25. The molecule has 0 saturated carbocycles. The molecule has 2 heterocycles. The van der Waals surface area contributed by atoms with E-state index in [1.165, 1.54) is 12.0 Å². The van der Waals surface area contributed by atoms with Gasteiger partial charge in [-0.15, -0.1) is 0 Å². The first-order chi connectivity index (χ1) is 7.60. The molecule has 1 aliphatic rings. The Kier molecular flexibility index (Phi) is 2.55. The Hall–Kier alpha value is -1.98. The van der Waals surface area contributed by atoms with Crippen LogP contribution >= 0.6 is 0 Å². The summed E-state index contributed by atoms with van der Waals surface area (Å²) in [5.74, 6) is 0.231. The molecule has 0 aliphatic carbocycles. The van der Waals surface area contributed by atoms with Crippen molar-refractivity contribution in [2.45, 2.75) is 13.3 Å². The molecule has 0 unspecified atom stereocenters. The monoisotopic (exact) mass is 221 g/mol. The fourth-order valence-electron chi connectivity index (χ4n) is 1.52. The summed E-state index contributed by atoms with van der Waals surface area (Å²) in [6.45, 7) is 1.82. The minimum absolute atomic E-state index is 0.0471. The fraction of sp³-hybridized carbons (Fsp3) is 0.400. The smallest absolute Gasteiger partial charge is 0.237 e. The van der Waals surface area contributed by atoms with Gasteiger partial charge in [0.1, 0.15) is 0 Å². The zero-order valence-electron chi connectivity index (χ0n) is 9.06. The number of aryl methyl sites for hydroxylation is 1. The lowest BCUT2D eigenvalue weighted by atomic mass is 10.3. The van der Waals surface area contributed by atoms with Crippen LogP contribution < -0.4 is 9.64 Å². The number of hydrogen-bond donors (Lipinski definition) is 0. The van der Waals surface area contributed by atoms with Crippen LogP contribution in [0.5, 0.6) is 5.88 Å². The van der Waals surface area contributed by atoms with E-state index < -0.39 is 0 Å². The maximum atomic E-state index is 11.5. The summed E-state index contributed by atoms with van der Waals surface area (Å²) in [4.78, 5) is 32.0. The Morgan fingerprint density at radius 2 is 2.12 bits per heavy atom. The number of hydrogen-bond acceptors (Lipinski definition) is 5. The number of nitrogens with zero attached hydrogens (tertiary/aromatic N) is 3. The Morgan fingerprint density at radius 3 is 2.69 bits per heavy atom. The molecule has 0 atom stereocenters. The Morgan fingerprint density at radius 1 is 1.38 bits per heavy atom. The van der Waals surface area contributed by atoms with Gasteiger partial charge in [-0.05, 0) is 6.92 Å². The number of carbonyl (C=O) groups excluding carboxylic acids is 2. The van der Waals surface area contributed by atoms with Crippen molar-refractivity contribution in [3.63, 3.8) is 0 Å². The van der Waals surface area contributed by atoms with Crippen molar-refractivity contribution < 1.29 is 14.3 Å². The first-order valence-electron chi connectivity index (χ1n) is 4.82. The molecule has 1 amide bonds. The summed E-state index contributed by atoms with van der Waals surface area (Å²) in [6, 6.07) is 1.66. The highest BCUT2D eigenvalue weighted by Crippen LogP contribution is 2.18. The van der Waals surface area contributed by atoms with Crippen LogP contribution in [0, 0.1) is 6.92 Å². The van der Waals surface area contributed by atoms with E-state index in [0.717, 1.165) is 0 Å². The van der Waals surface area contributed by atoms with Crippen LogP contribution in [-0.4, -0.2) is 35.3 Å². The molecule has 1 aliphatic heterocycles. The maximum Gasteiger partial charge on any atom is 0.237 e. The number of anilines is 1. The molecule has 1 aromatic heterocycles. The molecule has 1 aromatic rings. The van der Waals surface area contributed by atoms with Crippen LogP contribution in [0.25, 0.3) is 0 Å². The van der Waals surface area contributed by atoms with Gasteiger partial charge in [-0.1, -0.05) is 0 Å². The van der Waals surface area contributed by atoms with E-state index in [9.17, 15) is 9.59 Å². The van der Waals surface area contributed by atoms with Crippen LogP contribution in [0.1, 0.15) is 12.1 Å². The third kappa shape index (κ3) is 1.86. The SMILES string of the molecule is COc1cc(C)nc(N2CC(=O)CC2=O)n1. The predicted molar refractivity (Wildman–Crippen MR) is 55.3 cm³/mol. The molecule has 6 nitrogen and oxygen atoms in total. The maximum absolute atomic E-state index is 11.5. The Balaban J connectivity index is 2.36. The lowest BCUT2D eigenvalue weighted by molar-refractivity contribution is -0.121. The number of amides is 1. The molecule has 6 heteroatoms. The molecule has 1 saturated heterocycles. The van der Waals surface area contributed by atoms with Crippen LogP contribution in [0.2, 0.25) is 0 Å². The molecule has 0 aromatic carbocycles. The molecule has 2 rings (SSSR count). The van der Waals surface area contributed by atoms with Gasteiger partial charge in [0.25, 0.3) is 0 Å². The average molecular weight is 221 g/mol. The number of aromatic nitrogens is 2. The number of carbonyl (C=O) groups is 2. The van der Waals surface area contributed by atoms with E-state index in [-0.39, 0.29) is 30.6 Å². The van der Waals surface area contributed by atoms with Gasteiger partial charge in [-0.3, -0.25) is 14.5 Å². The van der Waals surface area contributed by atoms with Gasteiger partial charge in [0.15, 0.2) is 5.78 Å². The summed E-state index contributed by atoms with van der Waals surface area (Å²) in [7, 11) is 1.49. The minimum atomic E-state index is -0.266. The summed E-state index contributed by atoms with van der Waals surface area (Å²) < 4.78 is 4.98. The first-order valence-corrected chi connectivity index (χ1v) is 4.82. The van der Waals surface area contributed by atoms with E-state index in [4.69, 9.17) is 4.74 Å². The second-order valence-corrected chi connectivity index (χ2v) is 3.55. The highest BCUT2D eigenvalue weighted by atomic mass is 16.5. The van der Waals surface area contributed by atoms with E-state index in [1.807, 2.05) is 0 Å². The molecule has 1 fully saturated rings. The van der Waals surface area contributed by atoms with E-state index in [0.29, 0.717) is 11.6 Å². The van der Waals surface area contributed by atoms with Gasteiger partial charge in [0.05, 0.1) is 20.1 Å². The lowest BCUT2D eigenvalue weighted by Crippen LogP contribution is -2.27. The Labute approximate surface area is 92.3 Å². The summed E-state index contributed by atoms with van der Waals surface area (Å²) >= 11 is 0. The number of Topliss-reactive ketones (excluding diaryl/α,β-unsaturated/α-hetero) is 1. The quantitative estimate of drug-likeness (QED) is 0.662. The number of ketones is 1. The normalized spacial score (nSPS) is 15.8. The van der Waals surface area contributed by atoms with Crippen molar-refractivity contribution in [2.75, 3.05) is 18.6 Å². The van der Waals surface area contributed by atoms with Crippen LogP contribution in [0.15, 0.2) is 6.07 Å². The summed E-state index contributed by atoms with van der Waals surface area (Å²) in [6.07, 6.45) is -0.0698. The number of rotatable bonds is 2. The van der Waals surface area contributed by atoms with Gasteiger partial charge in [-0.25, -0.2) is 4.98 Å². The van der Waals surface area contributed by atoms with Gasteiger partial charge in [0, 0.05) is 11.8 Å². The van der Waals surface area contributed by atoms with Crippen molar-refractivity contribution in [2.24, 2.45) is 0 Å².